The fourth-order valence-corrected chi connectivity index (χ4v) is 3.71. The topological polar surface area (TPSA) is 64.6 Å². The van der Waals surface area contributed by atoms with Crippen molar-refractivity contribution in [2.75, 3.05) is 13.2 Å². The highest BCUT2D eigenvalue weighted by Gasteiger charge is 2.28. The zero-order chi connectivity index (χ0) is 19.8. The van der Waals surface area contributed by atoms with Gasteiger partial charge in [-0.05, 0) is 42.9 Å². The lowest BCUT2D eigenvalue weighted by Crippen LogP contribution is -2.45. The Hall–Kier alpha value is -1.46. The Balaban J connectivity index is 1.60. The van der Waals surface area contributed by atoms with Gasteiger partial charge in [0.25, 0.3) is 5.91 Å². The summed E-state index contributed by atoms with van der Waals surface area (Å²) in [4.78, 5) is 23.8. The third-order valence-corrected chi connectivity index (χ3v) is 5.62. The van der Waals surface area contributed by atoms with Gasteiger partial charge in [-0.2, -0.15) is 0 Å². The van der Waals surface area contributed by atoms with E-state index in [1.165, 1.54) is 6.42 Å². The van der Waals surface area contributed by atoms with Crippen LogP contribution >= 0.6 is 23.2 Å². The van der Waals surface area contributed by atoms with Crippen LogP contribution in [0.1, 0.15) is 46.0 Å². The van der Waals surface area contributed by atoms with Gasteiger partial charge in [-0.25, -0.2) is 0 Å². The molecule has 150 valence electrons. The molecule has 1 aliphatic carbocycles. The zero-order valence-corrected chi connectivity index (χ0v) is 17.3. The number of nitrogens with one attached hydrogen (secondary N) is 1. The Morgan fingerprint density at radius 3 is 2.74 bits per heavy atom. The third-order valence-electron chi connectivity index (χ3n) is 5.09. The number of halogens is 2. The lowest BCUT2D eigenvalue weighted by Gasteiger charge is -2.34. The number of esters is 1. The first kappa shape index (κ1) is 21.8. The van der Waals surface area contributed by atoms with Gasteiger partial charge in [0.2, 0.25) is 0 Å². The smallest absolute Gasteiger partial charge is 0.306 e. The van der Waals surface area contributed by atoms with Crippen molar-refractivity contribution < 1.29 is 19.1 Å². The molecule has 5 nitrogen and oxygen atoms in total. The fourth-order valence-electron chi connectivity index (χ4n) is 3.24. The normalized spacial score (nSPS) is 22.1. The molecule has 1 aromatic rings. The van der Waals surface area contributed by atoms with E-state index in [1.54, 1.807) is 18.2 Å². The van der Waals surface area contributed by atoms with E-state index in [4.69, 9.17) is 32.7 Å². The molecule has 1 saturated carbocycles. The lowest BCUT2D eigenvalue weighted by atomic mass is 9.78. The molecular formula is C20H27Cl2NO4. The van der Waals surface area contributed by atoms with Crippen LogP contribution in [0.3, 0.4) is 0 Å². The van der Waals surface area contributed by atoms with Crippen LogP contribution in [0.2, 0.25) is 10.0 Å². The summed E-state index contributed by atoms with van der Waals surface area (Å²) in [5.74, 6) is 0.903. The molecule has 0 aliphatic heterocycles. The van der Waals surface area contributed by atoms with E-state index in [2.05, 4.69) is 19.2 Å². The van der Waals surface area contributed by atoms with Gasteiger partial charge in [0.15, 0.2) is 6.61 Å². The molecule has 1 aliphatic rings. The van der Waals surface area contributed by atoms with Crippen LogP contribution in [0.25, 0.3) is 0 Å². The van der Waals surface area contributed by atoms with Crippen LogP contribution in [-0.4, -0.2) is 31.1 Å². The highest BCUT2D eigenvalue weighted by atomic mass is 35.5. The summed E-state index contributed by atoms with van der Waals surface area (Å²) in [6.07, 6.45) is 3.95. The summed E-state index contributed by atoms with van der Waals surface area (Å²) in [5.41, 5.74) is 0. The highest BCUT2D eigenvalue weighted by Crippen LogP contribution is 2.29. The molecule has 1 aromatic carbocycles. The van der Waals surface area contributed by atoms with Crippen molar-refractivity contribution in [2.24, 2.45) is 11.8 Å². The predicted octanol–water partition coefficient (Wildman–Crippen LogP) is 4.64. The molecule has 0 spiro atoms. The van der Waals surface area contributed by atoms with E-state index < -0.39 is 5.97 Å². The Labute approximate surface area is 170 Å². The molecule has 27 heavy (non-hydrogen) atoms. The van der Waals surface area contributed by atoms with Crippen LogP contribution in [0.15, 0.2) is 18.2 Å². The molecule has 0 aromatic heterocycles. The van der Waals surface area contributed by atoms with Crippen molar-refractivity contribution in [3.8, 4) is 5.75 Å². The molecule has 0 unspecified atom stereocenters. The van der Waals surface area contributed by atoms with E-state index in [9.17, 15) is 9.59 Å². The zero-order valence-electron chi connectivity index (χ0n) is 15.8. The summed E-state index contributed by atoms with van der Waals surface area (Å²) >= 11 is 11.8. The van der Waals surface area contributed by atoms with Crippen LogP contribution in [0.5, 0.6) is 5.75 Å². The quantitative estimate of drug-likeness (QED) is 0.496. The number of amides is 1. The number of carbonyl (C=O) groups is 2. The Bertz CT molecular complexity index is 653. The first-order valence-corrected chi connectivity index (χ1v) is 10.1. The molecule has 1 N–H and O–H groups in total. The maximum Gasteiger partial charge on any atom is 0.306 e. The molecule has 3 atom stereocenters. The molecule has 0 saturated heterocycles. The van der Waals surface area contributed by atoms with E-state index in [0.29, 0.717) is 40.7 Å². The van der Waals surface area contributed by atoms with Crippen molar-refractivity contribution in [3.63, 3.8) is 0 Å². The number of benzene rings is 1. The van der Waals surface area contributed by atoms with E-state index in [0.717, 1.165) is 12.8 Å². The van der Waals surface area contributed by atoms with Crippen LogP contribution in [-0.2, 0) is 14.3 Å². The largest absolute Gasteiger partial charge is 0.492 e. The van der Waals surface area contributed by atoms with Gasteiger partial charge in [0.05, 0.1) is 11.6 Å². The van der Waals surface area contributed by atoms with Gasteiger partial charge in [-0.15, -0.1) is 0 Å². The Kier molecular flexibility index (Phi) is 8.71. The Morgan fingerprint density at radius 1 is 1.22 bits per heavy atom. The van der Waals surface area contributed by atoms with Gasteiger partial charge < -0.3 is 14.8 Å². The van der Waals surface area contributed by atoms with E-state index >= 15 is 0 Å². The molecule has 1 amide bonds. The summed E-state index contributed by atoms with van der Waals surface area (Å²) in [6, 6.07) is 5.13. The third kappa shape index (κ3) is 7.23. The van der Waals surface area contributed by atoms with Crippen LogP contribution in [0, 0.1) is 11.8 Å². The highest BCUT2D eigenvalue weighted by molar-refractivity contribution is 6.35. The summed E-state index contributed by atoms with van der Waals surface area (Å²) in [5, 5.41) is 3.95. The van der Waals surface area contributed by atoms with Gasteiger partial charge in [-0.1, -0.05) is 49.9 Å². The summed E-state index contributed by atoms with van der Waals surface area (Å²) in [6.45, 7) is 4.45. The van der Waals surface area contributed by atoms with E-state index in [1.807, 2.05) is 0 Å². The average molecular weight is 416 g/mol. The van der Waals surface area contributed by atoms with Gasteiger partial charge in [0.1, 0.15) is 5.75 Å². The minimum Gasteiger partial charge on any atom is -0.492 e. The molecular weight excluding hydrogens is 389 g/mol. The summed E-state index contributed by atoms with van der Waals surface area (Å²) in [7, 11) is 0. The average Bonchev–Trinajstić information content (AvgIpc) is 2.62. The van der Waals surface area contributed by atoms with Gasteiger partial charge in [-0.3, -0.25) is 9.59 Å². The molecule has 7 heteroatoms. The second-order valence-electron chi connectivity index (χ2n) is 7.13. The Morgan fingerprint density at radius 2 is 2.00 bits per heavy atom. The SMILES string of the molecule is C[C@H]1[C@H](C)CCC[C@H]1NC(=O)COC(=O)CCCOc1ccc(Cl)cc1Cl. The minimum absolute atomic E-state index is 0.164. The number of rotatable bonds is 8. The first-order valence-electron chi connectivity index (χ1n) is 9.39. The fraction of sp³-hybridized carbons (Fsp3) is 0.600. The lowest BCUT2D eigenvalue weighted by molar-refractivity contribution is -0.149. The van der Waals surface area contributed by atoms with Gasteiger partial charge in [0, 0.05) is 17.5 Å². The predicted molar refractivity (Wildman–Crippen MR) is 106 cm³/mol. The number of carbonyl (C=O) groups excluding carboxylic acids is 2. The van der Waals surface area contributed by atoms with E-state index in [-0.39, 0.29) is 25.0 Å². The molecule has 2 rings (SSSR count). The molecule has 0 bridgehead atoms. The van der Waals surface area contributed by atoms with Crippen molar-refractivity contribution >= 4 is 35.1 Å². The standard InChI is InChI=1S/C20H27Cl2NO4/c1-13-5-3-6-17(14(13)2)23-19(24)12-27-20(25)7-4-10-26-18-9-8-15(21)11-16(18)22/h8-9,11,13-14,17H,3-7,10,12H2,1-2H3,(H,23,24)/t13-,14+,17-/m1/s1. The van der Waals surface area contributed by atoms with Crippen LogP contribution < -0.4 is 10.1 Å². The monoisotopic (exact) mass is 415 g/mol. The number of ether oxygens (including phenoxy) is 2. The van der Waals surface area contributed by atoms with Crippen molar-refractivity contribution in [1.29, 1.82) is 0 Å². The second-order valence-corrected chi connectivity index (χ2v) is 7.97. The van der Waals surface area contributed by atoms with Crippen molar-refractivity contribution in [3.05, 3.63) is 28.2 Å². The first-order chi connectivity index (χ1) is 12.9. The maximum atomic E-state index is 12.0. The maximum absolute atomic E-state index is 12.0. The second kappa shape index (κ2) is 10.8. The van der Waals surface area contributed by atoms with Crippen molar-refractivity contribution in [2.45, 2.75) is 52.0 Å². The van der Waals surface area contributed by atoms with Crippen molar-refractivity contribution in [1.82, 2.24) is 5.32 Å². The molecule has 0 heterocycles. The van der Waals surface area contributed by atoms with Gasteiger partial charge >= 0.3 is 5.97 Å². The summed E-state index contributed by atoms with van der Waals surface area (Å²) < 4.78 is 10.6. The molecule has 1 fully saturated rings. The number of hydrogen-bond donors (Lipinski definition) is 1. The molecule has 0 radical (unpaired) electrons. The van der Waals surface area contributed by atoms with Crippen LogP contribution in [0.4, 0.5) is 0 Å². The minimum atomic E-state index is -0.416. The number of hydrogen-bond acceptors (Lipinski definition) is 4.